The van der Waals surface area contributed by atoms with E-state index in [0.717, 1.165) is 39.9 Å². The van der Waals surface area contributed by atoms with Crippen molar-refractivity contribution in [2.24, 2.45) is 10.9 Å². The number of carbonyl (C=O) groups is 3. The van der Waals surface area contributed by atoms with Crippen LogP contribution in [0.5, 0.6) is 0 Å². The summed E-state index contributed by atoms with van der Waals surface area (Å²) in [7, 11) is 0. The normalized spacial score (nSPS) is 15.4. The Bertz CT molecular complexity index is 1430. The summed E-state index contributed by atoms with van der Waals surface area (Å²) in [4.78, 5) is 44.2. The van der Waals surface area contributed by atoms with Gasteiger partial charge in [-0.1, -0.05) is 29.9 Å². The van der Waals surface area contributed by atoms with Crippen LogP contribution in [-0.4, -0.2) is 53.7 Å². The van der Waals surface area contributed by atoms with Gasteiger partial charge in [0.1, 0.15) is 5.00 Å². The van der Waals surface area contributed by atoms with Gasteiger partial charge in [-0.15, -0.1) is 23.1 Å². The number of nitrogens with zero attached hydrogens (tertiary/aromatic N) is 2. The predicted octanol–water partition coefficient (Wildman–Crippen LogP) is 5.55. The molecule has 1 atom stereocenters. The maximum atomic E-state index is 12.8. The number of thiazole rings is 1. The molecule has 12 heteroatoms. The third-order valence-electron chi connectivity index (χ3n) is 6.23. The van der Waals surface area contributed by atoms with Crippen LogP contribution in [0.25, 0.3) is 10.2 Å². The molecule has 1 aliphatic carbocycles. The first kappa shape index (κ1) is 29.8. The topological polar surface area (TPSA) is 99.0 Å². The van der Waals surface area contributed by atoms with Crippen LogP contribution in [0.4, 0.5) is 5.00 Å². The summed E-state index contributed by atoms with van der Waals surface area (Å²) in [5, 5.41) is 4.05. The summed E-state index contributed by atoms with van der Waals surface area (Å²) in [6.07, 6.45) is 2.70. The Morgan fingerprint density at radius 1 is 1.21 bits per heavy atom. The molecule has 3 aromatic rings. The molecule has 0 fully saturated rings. The molecule has 4 rings (SSSR count). The number of amides is 2. The molecule has 0 radical (unpaired) electrons. The van der Waals surface area contributed by atoms with Crippen molar-refractivity contribution in [2.45, 2.75) is 46.6 Å². The summed E-state index contributed by atoms with van der Waals surface area (Å²) in [5.74, 6) is -0.345. The molecule has 1 N–H and O–H groups in total. The van der Waals surface area contributed by atoms with Gasteiger partial charge in [0.25, 0.3) is 5.91 Å². The highest BCUT2D eigenvalue weighted by Crippen LogP contribution is 2.40. The monoisotopic (exact) mass is 609 g/mol. The number of ether oxygens (including phenoxy) is 2. The first-order valence-corrected chi connectivity index (χ1v) is 16.1. The number of halogens is 1. The van der Waals surface area contributed by atoms with Crippen LogP contribution in [0.3, 0.4) is 0 Å². The van der Waals surface area contributed by atoms with E-state index in [-0.39, 0.29) is 29.9 Å². The van der Waals surface area contributed by atoms with E-state index < -0.39 is 5.97 Å². The maximum Gasteiger partial charge on any atom is 0.341 e. The van der Waals surface area contributed by atoms with Gasteiger partial charge in [-0.3, -0.25) is 9.59 Å². The van der Waals surface area contributed by atoms with Crippen LogP contribution < -0.4 is 10.1 Å². The van der Waals surface area contributed by atoms with E-state index in [9.17, 15) is 14.4 Å². The van der Waals surface area contributed by atoms with Gasteiger partial charge in [0.15, 0.2) is 4.80 Å². The average Bonchev–Trinajstić information content (AvgIpc) is 3.40. The van der Waals surface area contributed by atoms with Crippen molar-refractivity contribution in [3.05, 3.63) is 44.0 Å². The molecule has 0 saturated carbocycles. The number of fused-ring (bicyclic) bond motifs is 2. The zero-order valence-corrected chi connectivity index (χ0v) is 25.4. The molecule has 210 valence electrons. The third kappa shape index (κ3) is 7.52. The number of thioether (sulfide) groups is 1. The number of anilines is 1. The molecule has 2 aromatic heterocycles. The minimum atomic E-state index is -0.399. The molecule has 1 aliphatic rings. The Hall–Kier alpha value is -2.18. The van der Waals surface area contributed by atoms with E-state index >= 15 is 0 Å². The third-order valence-corrected chi connectivity index (χ3v) is 9.59. The van der Waals surface area contributed by atoms with Crippen LogP contribution in [0.15, 0.2) is 23.2 Å². The second kappa shape index (κ2) is 13.9. The highest BCUT2D eigenvalue weighted by molar-refractivity contribution is 8.00. The lowest BCUT2D eigenvalue weighted by atomic mass is 9.88. The van der Waals surface area contributed by atoms with E-state index in [2.05, 4.69) is 17.2 Å². The van der Waals surface area contributed by atoms with Gasteiger partial charge < -0.3 is 19.4 Å². The summed E-state index contributed by atoms with van der Waals surface area (Å²) in [5.41, 5.74) is 2.42. The second-order valence-corrected chi connectivity index (χ2v) is 12.7. The van der Waals surface area contributed by atoms with Crippen LogP contribution in [0.1, 0.15) is 48.0 Å². The molecule has 39 heavy (non-hydrogen) atoms. The van der Waals surface area contributed by atoms with Crippen molar-refractivity contribution in [2.75, 3.05) is 36.6 Å². The first-order valence-electron chi connectivity index (χ1n) is 12.9. The zero-order valence-electron chi connectivity index (χ0n) is 22.2. The Balaban J connectivity index is 1.41. The lowest BCUT2D eigenvalue weighted by Crippen LogP contribution is -2.21. The van der Waals surface area contributed by atoms with Gasteiger partial charge in [-0.25, -0.2) is 4.79 Å². The number of hydrogen-bond acceptors (Lipinski definition) is 8. The van der Waals surface area contributed by atoms with Crippen LogP contribution >= 0.6 is 46.0 Å². The lowest BCUT2D eigenvalue weighted by Gasteiger charge is -2.18. The van der Waals surface area contributed by atoms with Crippen molar-refractivity contribution in [1.82, 2.24) is 4.57 Å². The fourth-order valence-corrected chi connectivity index (χ4v) is 7.80. The SMILES string of the molecule is CCOCCn1c(=NC(=O)CSCC(=O)Nc2sc3c(c2C(=O)OCC)CCC(C)C3)sc2cc(Cl)ccc21. The Morgan fingerprint density at radius 3 is 2.79 bits per heavy atom. The Kier molecular flexibility index (Phi) is 10.6. The number of benzene rings is 1. The predicted molar refractivity (Wildman–Crippen MR) is 159 cm³/mol. The number of nitrogens with one attached hydrogen (secondary N) is 1. The summed E-state index contributed by atoms with van der Waals surface area (Å²) in [6, 6.07) is 5.58. The first-order chi connectivity index (χ1) is 18.8. The highest BCUT2D eigenvalue weighted by Gasteiger charge is 2.29. The van der Waals surface area contributed by atoms with Crippen LogP contribution in [0, 0.1) is 5.92 Å². The minimum Gasteiger partial charge on any atom is -0.462 e. The highest BCUT2D eigenvalue weighted by atomic mass is 35.5. The molecule has 1 aromatic carbocycles. The molecule has 0 aliphatic heterocycles. The Morgan fingerprint density at radius 2 is 2.03 bits per heavy atom. The van der Waals surface area contributed by atoms with E-state index in [1.54, 1.807) is 6.92 Å². The molecular formula is C27H32ClN3O5S3. The van der Waals surface area contributed by atoms with Crippen molar-refractivity contribution in [3.63, 3.8) is 0 Å². The van der Waals surface area contributed by atoms with Gasteiger partial charge in [0.2, 0.25) is 5.91 Å². The number of rotatable bonds is 11. The van der Waals surface area contributed by atoms with Crippen molar-refractivity contribution in [1.29, 1.82) is 0 Å². The maximum absolute atomic E-state index is 12.8. The minimum absolute atomic E-state index is 0.0526. The summed E-state index contributed by atoms with van der Waals surface area (Å²) >= 11 is 10.2. The summed E-state index contributed by atoms with van der Waals surface area (Å²) in [6.45, 7) is 7.83. The van der Waals surface area contributed by atoms with E-state index in [1.165, 1.54) is 34.4 Å². The zero-order chi connectivity index (χ0) is 27.9. The van der Waals surface area contributed by atoms with Gasteiger partial charge in [-0.05, 0) is 62.8 Å². The quantitative estimate of drug-likeness (QED) is 0.226. The lowest BCUT2D eigenvalue weighted by molar-refractivity contribution is -0.115. The van der Waals surface area contributed by atoms with Crippen LogP contribution in [0.2, 0.25) is 5.02 Å². The molecule has 0 spiro atoms. The number of aromatic nitrogens is 1. The average molecular weight is 610 g/mol. The fraction of sp³-hybridized carbons (Fsp3) is 0.481. The number of esters is 1. The fourth-order valence-electron chi connectivity index (χ4n) is 4.44. The molecule has 2 heterocycles. The van der Waals surface area contributed by atoms with Gasteiger partial charge in [0, 0.05) is 23.1 Å². The smallest absolute Gasteiger partial charge is 0.341 e. The van der Waals surface area contributed by atoms with E-state index in [0.29, 0.717) is 46.1 Å². The van der Waals surface area contributed by atoms with E-state index in [1.807, 2.05) is 29.7 Å². The standard InChI is InChI=1S/C27H32ClN3O5S3/c1-4-35-11-10-31-19-9-7-17(28)13-21(19)39-27(31)30-23(33)15-37-14-22(32)29-25-24(26(34)36-5-2)18-8-6-16(3)12-20(18)38-25/h7,9,13,16H,4-6,8,10-12,14-15H2,1-3H3,(H,29,32). The number of hydrogen-bond donors (Lipinski definition) is 1. The van der Waals surface area contributed by atoms with E-state index in [4.69, 9.17) is 21.1 Å². The van der Waals surface area contributed by atoms with Crippen molar-refractivity contribution >= 4 is 79.0 Å². The molecule has 1 unspecified atom stereocenters. The molecule has 0 bridgehead atoms. The molecule has 8 nitrogen and oxygen atoms in total. The second-order valence-electron chi connectivity index (χ2n) is 9.17. The molecule has 2 amide bonds. The van der Waals surface area contributed by atoms with Crippen molar-refractivity contribution in [3.8, 4) is 0 Å². The molecule has 0 saturated heterocycles. The van der Waals surface area contributed by atoms with Crippen LogP contribution in [-0.2, 0) is 38.4 Å². The largest absolute Gasteiger partial charge is 0.462 e. The van der Waals surface area contributed by atoms with Gasteiger partial charge in [0.05, 0.1) is 40.5 Å². The van der Waals surface area contributed by atoms with Gasteiger partial charge >= 0.3 is 5.97 Å². The van der Waals surface area contributed by atoms with Crippen molar-refractivity contribution < 1.29 is 23.9 Å². The number of carbonyl (C=O) groups excluding carboxylic acids is 3. The van der Waals surface area contributed by atoms with Gasteiger partial charge in [-0.2, -0.15) is 4.99 Å². The Labute approximate surface area is 244 Å². The summed E-state index contributed by atoms with van der Waals surface area (Å²) < 4.78 is 13.7. The number of thiophene rings is 1. The molecular weight excluding hydrogens is 578 g/mol.